The molecule has 0 radical (unpaired) electrons. The Balaban J connectivity index is 1.70. The molecular formula is C20H22N2O2. The topological polar surface area (TPSA) is 49.4 Å². The summed E-state index contributed by atoms with van der Waals surface area (Å²) in [5.74, 6) is -1.12. The highest BCUT2D eigenvalue weighted by atomic mass is 16.2. The maximum atomic E-state index is 12.5. The molecule has 0 fully saturated rings. The number of carbonyl (C=O) groups excluding carboxylic acids is 2. The van der Waals surface area contributed by atoms with Gasteiger partial charge < -0.3 is 10.2 Å². The molecule has 2 aromatic rings. The van der Waals surface area contributed by atoms with Gasteiger partial charge in [0.1, 0.15) is 0 Å². The Labute approximate surface area is 142 Å². The van der Waals surface area contributed by atoms with Crippen molar-refractivity contribution in [3.63, 3.8) is 0 Å². The second-order valence-corrected chi connectivity index (χ2v) is 7.12. The van der Waals surface area contributed by atoms with Crippen molar-refractivity contribution in [3.8, 4) is 0 Å². The van der Waals surface area contributed by atoms with Gasteiger partial charge in [0.15, 0.2) is 0 Å². The molecule has 0 atom stereocenters. The van der Waals surface area contributed by atoms with Crippen LogP contribution in [0, 0.1) is 0 Å². The summed E-state index contributed by atoms with van der Waals surface area (Å²) in [6.07, 6.45) is 0.787. The van der Waals surface area contributed by atoms with Crippen LogP contribution >= 0.6 is 0 Å². The maximum Gasteiger partial charge on any atom is 0.316 e. The molecule has 0 aromatic heterocycles. The summed E-state index contributed by atoms with van der Waals surface area (Å²) in [6.45, 7) is 6.95. The van der Waals surface area contributed by atoms with Gasteiger partial charge in [0.05, 0.1) is 0 Å². The molecule has 3 rings (SSSR count). The number of anilines is 2. The molecule has 124 valence electrons. The van der Waals surface area contributed by atoms with Gasteiger partial charge in [-0.05, 0) is 41.2 Å². The molecular weight excluding hydrogens is 300 g/mol. The second-order valence-electron chi connectivity index (χ2n) is 7.12. The minimum atomic E-state index is -0.602. The van der Waals surface area contributed by atoms with Gasteiger partial charge in [0.25, 0.3) is 0 Å². The van der Waals surface area contributed by atoms with E-state index in [1.165, 1.54) is 5.56 Å². The van der Waals surface area contributed by atoms with Crippen LogP contribution < -0.4 is 10.2 Å². The third kappa shape index (κ3) is 3.18. The summed E-state index contributed by atoms with van der Waals surface area (Å²) in [6, 6.07) is 15.3. The minimum Gasteiger partial charge on any atom is -0.318 e. The van der Waals surface area contributed by atoms with Crippen LogP contribution in [0.4, 0.5) is 11.4 Å². The van der Waals surface area contributed by atoms with Crippen LogP contribution in [0.25, 0.3) is 0 Å². The van der Waals surface area contributed by atoms with Gasteiger partial charge in [0.2, 0.25) is 0 Å². The monoisotopic (exact) mass is 322 g/mol. The molecule has 2 amide bonds. The molecule has 0 bridgehead atoms. The number of hydrogen-bond donors (Lipinski definition) is 1. The fourth-order valence-electron chi connectivity index (χ4n) is 2.91. The Kier molecular flexibility index (Phi) is 4.14. The molecule has 0 spiro atoms. The van der Waals surface area contributed by atoms with E-state index in [1.54, 1.807) is 4.90 Å². The molecule has 0 saturated carbocycles. The van der Waals surface area contributed by atoms with Crippen LogP contribution in [0.1, 0.15) is 31.9 Å². The van der Waals surface area contributed by atoms with Crippen LogP contribution in [-0.2, 0) is 21.4 Å². The Bertz CT molecular complexity index is 773. The van der Waals surface area contributed by atoms with E-state index in [2.05, 4.69) is 26.1 Å². The van der Waals surface area contributed by atoms with Crippen molar-refractivity contribution in [2.24, 2.45) is 0 Å². The predicted molar refractivity (Wildman–Crippen MR) is 96.3 cm³/mol. The van der Waals surface area contributed by atoms with E-state index in [0.717, 1.165) is 17.7 Å². The lowest BCUT2D eigenvalue weighted by molar-refractivity contribution is -0.134. The highest BCUT2D eigenvalue weighted by Gasteiger charge is 2.28. The molecule has 0 saturated heterocycles. The zero-order chi connectivity index (χ0) is 17.3. The van der Waals surface area contributed by atoms with Crippen molar-refractivity contribution in [1.82, 2.24) is 0 Å². The second kappa shape index (κ2) is 6.11. The predicted octanol–water partition coefficient (Wildman–Crippen LogP) is 3.51. The first-order valence-corrected chi connectivity index (χ1v) is 8.17. The molecule has 4 nitrogen and oxygen atoms in total. The summed E-state index contributed by atoms with van der Waals surface area (Å²) in [5, 5.41) is 2.70. The summed E-state index contributed by atoms with van der Waals surface area (Å²) >= 11 is 0. The normalized spacial score (nSPS) is 13.5. The van der Waals surface area contributed by atoms with Crippen molar-refractivity contribution < 1.29 is 9.59 Å². The third-order valence-corrected chi connectivity index (χ3v) is 4.34. The lowest BCUT2D eigenvalue weighted by Crippen LogP contribution is -2.38. The molecule has 2 aromatic carbocycles. The zero-order valence-corrected chi connectivity index (χ0v) is 14.3. The molecule has 1 heterocycles. The number of amides is 2. The Morgan fingerprint density at radius 3 is 2.33 bits per heavy atom. The van der Waals surface area contributed by atoms with E-state index in [4.69, 9.17) is 0 Å². The lowest BCUT2D eigenvalue weighted by Gasteiger charge is -2.19. The molecule has 0 aliphatic carbocycles. The van der Waals surface area contributed by atoms with Gasteiger partial charge in [-0.15, -0.1) is 0 Å². The SMILES string of the molecule is CC(C)(C)c1ccc(NC(=O)C(=O)N2CCc3ccccc32)cc1. The summed E-state index contributed by atoms with van der Waals surface area (Å²) in [5.41, 5.74) is 3.81. The fraction of sp³-hybridized carbons (Fsp3) is 0.300. The Morgan fingerprint density at radius 2 is 1.67 bits per heavy atom. The van der Waals surface area contributed by atoms with Gasteiger partial charge in [-0.1, -0.05) is 51.1 Å². The highest BCUT2D eigenvalue weighted by Crippen LogP contribution is 2.28. The van der Waals surface area contributed by atoms with Crippen LogP contribution in [0.5, 0.6) is 0 Å². The third-order valence-electron chi connectivity index (χ3n) is 4.34. The Morgan fingerprint density at radius 1 is 1.00 bits per heavy atom. The largest absolute Gasteiger partial charge is 0.318 e. The quantitative estimate of drug-likeness (QED) is 0.817. The lowest BCUT2D eigenvalue weighted by atomic mass is 9.87. The standard InChI is InChI=1S/C20H22N2O2/c1-20(2,3)15-8-10-16(11-9-15)21-18(23)19(24)22-13-12-14-6-4-5-7-17(14)22/h4-11H,12-13H2,1-3H3,(H,21,23). The minimum absolute atomic E-state index is 0.0532. The van der Waals surface area contributed by atoms with E-state index in [1.807, 2.05) is 48.5 Å². The van der Waals surface area contributed by atoms with Crippen molar-refractivity contribution in [1.29, 1.82) is 0 Å². The first-order valence-electron chi connectivity index (χ1n) is 8.17. The number of carbonyl (C=O) groups is 2. The highest BCUT2D eigenvalue weighted by molar-refractivity contribution is 6.44. The van der Waals surface area contributed by atoms with E-state index in [0.29, 0.717) is 12.2 Å². The van der Waals surface area contributed by atoms with E-state index < -0.39 is 11.8 Å². The van der Waals surface area contributed by atoms with Crippen molar-refractivity contribution >= 4 is 23.2 Å². The van der Waals surface area contributed by atoms with Crippen LogP contribution in [0.2, 0.25) is 0 Å². The molecule has 4 heteroatoms. The number of rotatable bonds is 1. The van der Waals surface area contributed by atoms with Gasteiger partial charge in [0, 0.05) is 17.9 Å². The van der Waals surface area contributed by atoms with Crippen molar-refractivity contribution in [2.75, 3.05) is 16.8 Å². The number of benzene rings is 2. The molecule has 1 aliphatic rings. The van der Waals surface area contributed by atoms with Gasteiger partial charge >= 0.3 is 11.8 Å². The summed E-state index contributed by atoms with van der Waals surface area (Å²) < 4.78 is 0. The van der Waals surface area contributed by atoms with E-state index in [9.17, 15) is 9.59 Å². The molecule has 24 heavy (non-hydrogen) atoms. The van der Waals surface area contributed by atoms with Crippen molar-refractivity contribution in [3.05, 3.63) is 59.7 Å². The van der Waals surface area contributed by atoms with Crippen LogP contribution in [-0.4, -0.2) is 18.4 Å². The number of nitrogens with zero attached hydrogens (tertiary/aromatic N) is 1. The van der Waals surface area contributed by atoms with E-state index >= 15 is 0 Å². The maximum absolute atomic E-state index is 12.5. The summed E-state index contributed by atoms with van der Waals surface area (Å²) in [7, 11) is 0. The smallest absolute Gasteiger partial charge is 0.316 e. The van der Waals surface area contributed by atoms with Crippen LogP contribution in [0.15, 0.2) is 48.5 Å². The zero-order valence-electron chi connectivity index (χ0n) is 14.3. The fourth-order valence-corrected chi connectivity index (χ4v) is 2.91. The summed E-state index contributed by atoms with van der Waals surface area (Å²) in [4.78, 5) is 26.3. The van der Waals surface area contributed by atoms with Crippen LogP contribution in [0.3, 0.4) is 0 Å². The average Bonchev–Trinajstić information content (AvgIpc) is 2.97. The number of nitrogens with one attached hydrogen (secondary N) is 1. The molecule has 1 N–H and O–H groups in total. The first kappa shape index (κ1) is 16.2. The number of para-hydroxylation sites is 1. The van der Waals surface area contributed by atoms with Gasteiger partial charge in [-0.25, -0.2) is 0 Å². The van der Waals surface area contributed by atoms with E-state index in [-0.39, 0.29) is 5.41 Å². The average molecular weight is 322 g/mol. The Hall–Kier alpha value is -2.62. The molecule has 0 unspecified atom stereocenters. The van der Waals surface area contributed by atoms with Gasteiger partial charge in [-0.3, -0.25) is 9.59 Å². The number of hydrogen-bond acceptors (Lipinski definition) is 2. The first-order chi connectivity index (χ1) is 11.4. The number of fused-ring (bicyclic) bond motifs is 1. The van der Waals surface area contributed by atoms with Crippen molar-refractivity contribution in [2.45, 2.75) is 32.6 Å². The molecule has 1 aliphatic heterocycles. The van der Waals surface area contributed by atoms with Gasteiger partial charge in [-0.2, -0.15) is 0 Å².